The van der Waals surface area contributed by atoms with Crippen molar-refractivity contribution in [2.24, 2.45) is 0 Å². The number of para-hydroxylation sites is 1. The molecule has 3 rings (SSSR count). The van der Waals surface area contributed by atoms with Crippen molar-refractivity contribution in [3.8, 4) is 0 Å². The molecular formula is C18H19NO4S. The first-order valence-electron chi connectivity index (χ1n) is 7.72. The predicted octanol–water partition coefficient (Wildman–Crippen LogP) is 2.68. The van der Waals surface area contributed by atoms with E-state index in [1.807, 2.05) is 25.1 Å². The van der Waals surface area contributed by atoms with Gasteiger partial charge in [0, 0.05) is 6.92 Å². The van der Waals surface area contributed by atoms with Crippen molar-refractivity contribution in [1.29, 1.82) is 0 Å². The third kappa shape index (κ3) is 3.01. The lowest BCUT2D eigenvalue weighted by atomic mass is 10.1. The molecule has 1 unspecified atom stereocenters. The van der Waals surface area contributed by atoms with E-state index >= 15 is 0 Å². The monoisotopic (exact) mass is 345 g/mol. The molecule has 5 nitrogen and oxygen atoms in total. The van der Waals surface area contributed by atoms with Crippen LogP contribution in [0.15, 0.2) is 53.4 Å². The Morgan fingerprint density at radius 2 is 1.83 bits per heavy atom. The Bertz CT molecular complexity index is 859. The second-order valence-electron chi connectivity index (χ2n) is 5.90. The average Bonchev–Trinajstić information content (AvgIpc) is 2.92. The maximum absolute atomic E-state index is 13.1. The van der Waals surface area contributed by atoms with E-state index in [1.54, 1.807) is 30.3 Å². The van der Waals surface area contributed by atoms with Crippen molar-refractivity contribution < 1.29 is 17.9 Å². The highest BCUT2D eigenvalue weighted by Crippen LogP contribution is 2.36. The molecule has 0 fully saturated rings. The average molecular weight is 345 g/mol. The van der Waals surface area contributed by atoms with E-state index < -0.39 is 22.0 Å². The smallest absolute Gasteiger partial charge is 0.302 e. The largest absolute Gasteiger partial charge is 0.464 e. The number of rotatable bonds is 4. The molecule has 0 N–H and O–H groups in total. The van der Waals surface area contributed by atoms with E-state index in [2.05, 4.69) is 0 Å². The van der Waals surface area contributed by atoms with Crippen LogP contribution in [0.2, 0.25) is 0 Å². The van der Waals surface area contributed by atoms with Gasteiger partial charge in [0.15, 0.2) is 0 Å². The van der Waals surface area contributed by atoms with Gasteiger partial charge in [-0.15, -0.1) is 0 Å². The lowest BCUT2D eigenvalue weighted by molar-refractivity contribution is -0.141. The topological polar surface area (TPSA) is 63.7 Å². The van der Waals surface area contributed by atoms with Crippen molar-refractivity contribution in [2.75, 3.05) is 10.9 Å². The molecule has 0 radical (unpaired) electrons. The second kappa shape index (κ2) is 6.28. The molecular weight excluding hydrogens is 326 g/mol. The molecule has 2 aromatic rings. The summed E-state index contributed by atoms with van der Waals surface area (Å²) in [5.41, 5.74) is 2.58. The number of benzene rings is 2. The van der Waals surface area contributed by atoms with Crippen molar-refractivity contribution in [2.45, 2.75) is 31.2 Å². The van der Waals surface area contributed by atoms with Crippen molar-refractivity contribution in [3.05, 3.63) is 59.7 Å². The number of esters is 1. The summed E-state index contributed by atoms with van der Waals surface area (Å²) in [6.07, 6.45) is 0.522. The van der Waals surface area contributed by atoms with Gasteiger partial charge in [0.1, 0.15) is 6.61 Å². The molecule has 0 amide bonds. The van der Waals surface area contributed by atoms with Gasteiger partial charge in [0.05, 0.1) is 16.6 Å². The number of carbonyl (C=O) groups excluding carboxylic acids is 1. The summed E-state index contributed by atoms with van der Waals surface area (Å²) in [6, 6.07) is 13.7. The Hall–Kier alpha value is -2.34. The molecule has 0 saturated carbocycles. The van der Waals surface area contributed by atoms with Crippen LogP contribution in [-0.4, -0.2) is 27.0 Å². The van der Waals surface area contributed by atoms with Crippen molar-refractivity contribution in [3.63, 3.8) is 0 Å². The van der Waals surface area contributed by atoms with Crippen molar-refractivity contribution in [1.82, 2.24) is 0 Å². The Balaban J connectivity index is 2.03. The van der Waals surface area contributed by atoms with Gasteiger partial charge in [0.25, 0.3) is 10.0 Å². The first-order chi connectivity index (χ1) is 11.4. The molecule has 0 aromatic heterocycles. The molecule has 0 saturated heterocycles. The van der Waals surface area contributed by atoms with E-state index in [-0.39, 0.29) is 11.5 Å². The fourth-order valence-electron chi connectivity index (χ4n) is 2.92. The van der Waals surface area contributed by atoms with Gasteiger partial charge in [-0.3, -0.25) is 9.10 Å². The number of hydrogen-bond acceptors (Lipinski definition) is 4. The van der Waals surface area contributed by atoms with Crippen LogP contribution in [0, 0.1) is 6.92 Å². The van der Waals surface area contributed by atoms with Gasteiger partial charge in [-0.25, -0.2) is 8.42 Å². The standard InChI is InChI=1S/C18H19NO4S/c1-13-7-9-17(10-8-13)24(21,22)19-16(12-23-14(2)20)11-15-5-3-4-6-18(15)19/h3-10,16H,11-12H2,1-2H3. The zero-order valence-electron chi connectivity index (χ0n) is 13.6. The van der Waals surface area contributed by atoms with E-state index in [4.69, 9.17) is 4.74 Å². The summed E-state index contributed by atoms with van der Waals surface area (Å²) < 4.78 is 32.8. The quantitative estimate of drug-likeness (QED) is 0.799. The van der Waals surface area contributed by atoms with Crippen LogP contribution in [0.3, 0.4) is 0 Å². The highest BCUT2D eigenvalue weighted by Gasteiger charge is 2.38. The number of ether oxygens (including phenoxy) is 1. The first kappa shape index (κ1) is 16.5. The third-order valence-corrected chi connectivity index (χ3v) is 5.95. The number of anilines is 1. The molecule has 24 heavy (non-hydrogen) atoms. The van der Waals surface area contributed by atoms with Gasteiger partial charge in [-0.05, 0) is 37.1 Å². The fourth-order valence-corrected chi connectivity index (χ4v) is 4.59. The SMILES string of the molecule is CC(=O)OCC1Cc2ccccc2N1S(=O)(=O)c1ccc(C)cc1. The van der Waals surface area contributed by atoms with Gasteiger partial charge >= 0.3 is 5.97 Å². The molecule has 0 aliphatic carbocycles. The summed E-state index contributed by atoms with van der Waals surface area (Å²) in [5, 5.41) is 0. The predicted molar refractivity (Wildman–Crippen MR) is 91.4 cm³/mol. The molecule has 1 atom stereocenters. The maximum atomic E-state index is 13.1. The van der Waals surface area contributed by atoms with Crippen LogP contribution in [0.5, 0.6) is 0 Å². The third-order valence-electron chi connectivity index (χ3n) is 4.07. The second-order valence-corrected chi connectivity index (χ2v) is 7.72. The zero-order chi connectivity index (χ0) is 17.3. The van der Waals surface area contributed by atoms with Crippen LogP contribution < -0.4 is 4.31 Å². The minimum absolute atomic E-state index is 0.0368. The van der Waals surface area contributed by atoms with Crippen LogP contribution in [0.4, 0.5) is 5.69 Å². The molecule has 1 heterocycles. The number of nitrogens with zero attached hydrogens (tertiary/aromatic N) is 1. The van der Waals surface area contributed by atoms with Crippen LogP contribution in [0.25, 0.3) is 0 Å². The first-order valence-corrected chi connectivity index (χ1v) is 9.16. The molecule has 2 aromatic carbocycles. The maximum Gasteiger partial charge on any atom is 0.302 e. The lowest BCUT2D eigenvalue weighted by Gasteiger charge is -2.26. The number of aryl methyl sites for hydroxylation is 1. The molecule has 1 aliphatic heterocycles. The van der Waals surface area contributed by atoms with E-state index in [0.717, 1.165) is 11.1 Å². The Morgan fingerprint density at radius 3 is 2.50 bits per heavy atom. The number of hydrogen-bond donors (Lipinski definition) is 0. The molecule has 1 aliphatic rings. The number of fused-ring (bicyclic) bond motifs is 1. The molecule has 0 spiro atoms. The van der Waals surface area contributed by atoms with E-state index in [0.29, 0.717) is 12.1 Å². The summed E-state index contributed by atoms with van der Waals surface area (Å²) in [7, 11) is -3.72. The number of carbonyl (C=O) groups is 1. The minimum Gasteiger partial charge on any atom is -0.464 e. The van der Waals surface area contributed by atoms with E-state index in [9.17, 15) is 13.2 Å². The molecule has 0 bridgehead atoms. The van der Waals surface area contributed by atoms with Gasteiger partial charge in [-0.1, -0.05) is 35.9 Å². The highest BCUT2D eigenvalue weighted by molar-refractivity contribution is 7.92. The van der Waals surface area contributed by atoms with Crippen LogP contribution in [0.1, 0.15) is 18.1 Å². The highest BCUT2D eigenvalue weighted by atomic mass is 32.2. The summed E-state index contributed by atoms with van der Waals surface area (Å²) in [6.45, 7) is 3.26. The summed E-state index contributed by atoms with van der Waals surface area (Å²) in [5.74, 6) is -0.418. The minimum atomic E-state index is -3.72. The summed E-state index contributed by atoms with van der Waals surface area (Å²) in [4.78, 5) is 11.4. The van der Waals surface area contributed by atoms with Gasteiger partial charge in [0.2, 0.25) is 0 Å². The fraction of sp³-hybridized carbons (Fsp3) is 0.278. The van der Waals surface area contributed by atoms with Crippen molar-refractivity contribution >= 4 is 21.7 Å². The van der Waals surface area contributed by atoms with Gasteiger partial charge in [-0.2, -0.15) is 0 Å². The van der Waals surface area contributed by atoms with Gasteiger partial charge < -0.3 is 4.74 Å². The van der Waals surface area contributed by atoms with Crippen LogP contribution >= 0.6 is 0 Å². The lowest BCUT2D eigenvalue weighted by Crippen LogP contribution is -2.40. The van der Waals surface area contributed by atoms with E-state index in [1.165, 1.54) is 11.2 Å². The summed E-state index contributed by atoms with van der Waals surface area (Å²) >= 11 is 0. The van der Waals surface area contributed by atoms with Crippen LogP contribution in [-0.2, 0) is 26.0 Å². The normalized spacial score (nSPS) is 16.8. The zero-order valence-corrected chi connectivity index (χ0v) is 14.4. The Morgan fingerprint density at radius 1 is 1.17 bits per heavy atom. The number of sulfonamides is 1. The Labute approximate surface area is 141 Å². The molecule has 6 heteroatoms. The Kier molecular flexibility index (Phi) is 4.32. The molecule has 126 valence electrons.